The third kappa shape index (κ3) is 4.10. The molecule has 0 fully saturated rings. The maximum absolute atomic E-state index is 11.2. The van der Waals surface area contributed by atoms with E-state index in [1.54, 1.807) is 13.8 Å². The van der Waals surface area contributed by atoms with Crippen molar-refractivity contribution >= 4 is 11.9 Å². The molecule has 0 aliphatic rings. The highest BCUT2D eigenvalue weighted by Gasteiger charge is 2.15. The molecule has 0 rings (SSSR count). The van der Waals surface area contributed by atoms with E-state index >= 15 is 0 Å². The van der Waals surface area contributed by atoms with E-state index in [0.717, 1.165) is 6.26 Å². The average Bonchev–Trinajstić information content (AvgIpc) is 2.03. The molecule has 1 unspecified atom stereocenters. The molecule has 0 aliphatic carbocycles. The molecule has 0 aromatic heterocycles. The summed E-state index contributed by atoms with van der Waals surface area (Å²) in [6, 6.07) is -0.620. The summed E-state index contributed by atoms with van der Waals surface area (Å²) >= 11 is 0. The van der Waals surface area contributed by atoms with Crippen LogP contribution < -0.4 is 5.32 Å². The Morgan fingerprint density at radius 1 is 1.54 bits per heavy atom. The van der Waals surface area contributed by atoms with Crippen molar-refractivity contribution < 1.29 is 14.3 Å². The van der Waals surface area contributed by atoms with Crippen molar-refractivity contribution in [2.45, 2.75) is 19.9 Å². The van der Waals surface area contributed by atoms with Crippen molar-refractivity contribution in [3.63, 3.8) is 0 Å². The standard InChI is InChI=1S/C9H13NO3/c1-5-13-9(12)10-7(4)8(11)6(2)3/h5,7H,1-2H2,3-4H3,(H,10,12). The Kier molecular flexibility index (Phi) is 4.51. The van der Waals surface area contributed by atoms with Crippen LogP contribution in [-0.2, 0) is 9.53 Å². The van der Waals surface area contributed by atoms with Gasteiger partial charge >= 0.3 is 6.09 Å². The van der Waals surface area contributed by atoms with Crippen LogP contribution in [0, 0.1) is 0 Å². The summed E-state index contributed by atoms with van der Waals surface area (Å²) in [5.74, 6) is -0.221. The Bertz CT molecular complexity index is 245. The molecule has 0 spiro atoms. The van der Waals surface area contributed by atoms with E-state index in [1.165, 1.54) is 0 Å². The van der Waals surface area contributed by atoms with E-state index in [4.69, 9.17) is 0 Å². The molecule has 1 amide bonds. The minimum absolute atomic E-state index is 0.221. The van der Waals surface area contributed by atoms with E-state index in [2.05, 4.69) is 23.2 Å². The number of Topliss-reactive ketones (excluding diaryl/α,β-unsaturated/α-hetero) is 1. The van der Waals surface area contributed by atoms with Crippen molar-refractivity contribution in [1.29, 1.82) is 0 Å². The van der Waals surface area contributed by atoms with Gasteiger partial charge in [-0.05, 0) is 19.4 Å². The van der Waals surface area contributed by atoms with Gasteiger partial charge in [0.05, 0.1) is 12.3 Å². The highest BCUT2D eigenvalue weighted by molar-refractivity contribution is 5.99. The smallest absolute Gasteiger partial charge is 0.412 e. The molecule has 0 radical (unpaired) electrons. The Morgan fingerprint density at radius 2 is 2.08 bits per heavy atom. The van der Waals surface area contributed by atoms with Crippen molar-refractivity contribution in [3.8, 4) is 0 Å². The SMILES string of the molecule is C=COC(=O)NC(C)C(=O)C(=C)C. The highest BCUT2D eigenvalue weighted by Crippen LogP contribution is 1.96. The van der Waals surface area contributed by atoms with Gasteiger partial charge in [0.15, 0.2) is 5.78 Å². The van der Waals surface area contributed by atoms with Crippen LogP contribution in [-0.4, -0.2) is 17.9 Å². The number of nitrogens with one attached hydrogen (secondary N) is 1. The molecule has 0 aromatic rings. The summed E-state index contributed by atoms with van der Waals surface area (Å²) in [4.78, 5) is 22.0. The van der Waals surface area contributed by atoms with Gasteiger partial charge in [0, 0.05) is 0 Å². The molecule has 4 nitrogen and oxygen atoms in total. The van der Waals surface area contributed by atoms with E-state index in [9.17, 15) is 9.59 Å². The van der Waals surface area contributed by atoms with Gasteiger partial charge in [-0.15, -0.1) is 0 Å². The van der Waals surface area contributed by atoms with Gasteiger partial charge in [-0.3, -0.25) is 4.79 Å². The van der Waals surface area contributed by atoms with Gasteiger partial charge in [0.2, 0.25) is 0 Å². The molecular weight excluding hydrogens is 170 g/mol. The quantitative estimate of drug-likeness (QED) is 0.529. The van der Waals surface area contributed by atoms with Crippen molar-refractivity contribution in [1.82, 2.24) is 5.32 Å². The zero-order valence-electron chi connectivity index (χ0n) is 7.79. The lowest BCUT2D eigenvalue weighted by Crippen LogP contribution is -2.38. The first-order valence-corrected chi connectivity index (χ1v) is 3.76. The summed E-state index contributed by atoms with van der Waals surface area (Å²) in [6.45, 7) is 9.81. The summed E-state index contributed by atoms with van der Waals surface area (Å²) in [7, 11) is 0. The topological polar surface area (TPSA) is 55.4 Å². The molecule has 0 aromatic carbocycles. The first-order chi connectivity index (χ1) is 5.99. The minimum Gasteiger partial charge on any atom is -0.419 e. The van der Waals surface area contributed by atoms with E-state index in [1.807, 2.05) is 0 Å². The Labute approximate surface area is 77.3 Å². The van der Waals surface area contributed by atoms with Crippen LogP contribution in [0.25, 0.3) is 0 Å². The molecular formula is C9H13NO3. The van der Waals surface area contributed by atoms with E-state index in [-0.39, 0.29) is 5.78 Å². The molecule has 1 atom stereocenters. The number of carbonyl (C=O) groups excluding carboxylic acids is 2. The largest absolute Gasteiger partial charge is 0.419 e. The number of carbonyl (C=O) groups is 2. The van der Waals surface area contributed by atoms with Gasteiger partial charge in [0.25, 0.3) is 0 Å². The summed E-state index contributed by atoms with van der Waals surface area (Å²) in [5, 5.41) is 2.32. The Hall–Kier alpha value is -1.58. The summed E-state index contributed by atoms with van der Waals surface area (Å²) in [5.41, 5.74) is 0.395. The number of ketones is 1. The first-order valence-electron chi connectivity index (χ1n) is 3.76. The third-order valence-electron chi connectivity index (χ3n) is 1.34. The summed E-state index contributed by atoms with van der Waals surface area (Å²) < 4.78 is 4.37. The van der Waals surface area contributed by atoms with E-state index in [0.29, 0.717) is 5.57 Å². The fourth-order valence-corrected chi connectivity index (χ4v) is 0.722. The van der Waals surface area contributed by atoms with Gasteiger partial charge < -0.3 is 10.1 Å². The van der Waals surface area contributed by atoms with Gasteiger partial charge in [-0.2, -0.15) is 0 Å². The molecule has 0 heterocycles. The second kappa shape index (κ2) is 5.13. The molecule has 1 N–H and O–H groups in total. The van der Waals surface area contributed by atoms with Crippen molar-refractivity contribution in [3.05, 3.63) is 25.0 Å². The van der Waals surface area contributed by atoms with Crippen LogP contribution in [0.4, 0.5) is 4.79 Å². The maximum Gasteiger partial charge on any atom is 0.412 e. The number of rotatable bonds is 4. The number of amides is 1. The molecule has 0 bridgehead atoms. The lowest BCUT2D eigenvalue weighted by molar-refractivity contribution is -0.116. The number of hydrogen-bond donors (Lipinski definition) is 1. The summed E-state index contributed by atoms with van der Waals surface area (Å²) in [6.07, 6.45) is 0.296. The van der Waals surface area contributed by atoms with Crippen LogP contribution in [0.15, 0.2) is 25.0 Å². The van der Waals surface area contributed by atoms with Crippen LogP contribution in [0.1, 0.15) is 13.8 Å². The molecule has 72 valence electrons. The molecule has 0 aliphatic heterocycles. The normalized spacial score (nSPS) is 11.2. The predicted octanol–water partition coefficient (Wildman–Crippen LogP) is 1.39. The fraction of sp³-hybridized carbons (Fsp3) is 0.333. The highest BCUT2D eigenvalue weighted by atomic mass is 16.5. The molecule has 0 saturated heterocycles. The van der Waals surface area contributed by atoms with Crippen LogP contribution in [0.2, 0.25) is 0 Å². The molecule has 0 saturated carbocycles. The monoisotopic (exact) mass is 183 g/mol. The third-order valence-corrected chi connectivity index (χ3v) is 1.34. The molecule has 13 heavy (non-hydrogen) atoms. The van der Waals surface area contributed by atoms with Crippen LogP contribution in [0.5, 0.6) is 0 Å². The second-order valence-electron chi connectivity index (χ2n) is 2.58. The van der Waals surface area contributed by atoms with Gasteiger partial charge in [-0.1, -0.05) is 13.2 Å². The fourth-order valence-electron chi connectivity index (χ4n) is 0.722. The lowest BCUT2D eigenvalue weighted by atomic mass is 10.1. The zero-order valence-corrected chi connectivity index (χ0v) is 7.79. The lowest BCUT2D eigenvalue weighted by Gasteiger charge is -2.10. The number of alkyl carbamates (subject to hydrolysis) is 1. The van der Waals surface area contributed by atoms with Crippen LogP contribution >= 0.6 is 0 Å². The first kappa shape index (κ1) is 11.4. The van der Waals surface area contributed by atoms with E-state index < -0.39 is 12.1 Å². The Morgan fingerprint density at radius 3 is 2.46 bits per heavy atom. The number of hydrogen-bond acceptors (Lipinski definition) is 3. The Balaban J connectivity index is 4.07. The molecule has 4 heteroatoms. The van der Waals surface area contributed by atoms with Gasteiger partial charge in [0.1, 0.15) is 0 Å². The van der Waals surface area contributed by atoms with Gasteiger partial charge in [-0.25, -0.2) is 4.79 Å². The maximum atomic E-state index is 11.2. The van der Waals surface area contributed by atoms with Crippen LogP contribution in [0.3, 0.4) is 0 Å². The predicted molar refractivity (Wildman–Crippen MR) is 49.1 cm³/mol. The average molecular weight is 183 g/mol. The minimum atomic E-state index is -0.697. The zero-order chi connectivity index (χ0) is 10.4. The second-order valence-corrected chi connectivity index (χ2v) is 2.58. The van der Waals surface area contributed by atoms with Crippen molar-refractivity contribution in [2.75, 3.05) is 0 Å². The van der Waals surface area contributed by atoms with Crippen molar-refractivity contribution in [2.24, 2.45) is 0 Å². The number of ether oxygens (including phenoxy) is 1.